The number of benzene rings is 1. The molecule has 2 heterocycles. The van der Waals surface area contributed by atoms with Gasteiger partial charge in [-0.2, -0.15) is 0 Å². The van der Waals surface area contributed by atoms with Crippen molar-refractivity contribution in [3.05, 3.63) is 47.7 Å². The van der Waals surface area contributed by atoms with Crippen LogP contribution in [0.15, 0.2) is 42.1 Å². The van der Waals surface area contributed by atoms with Gasteiger partial charge in [0.05, 0.1) is 6.04 Å². The van der Waals surface area contributed by atoms with Crippen LogP contribution in [0.1, 0.15) is 31.7 Å². The second-order valence-corrected chi connectivity index (χ2v) is 5.78. The molecule has 21 heavy (non-hydrogen) atoms. The smallest absolute Gasteiger partial charge is 0.314 e. The molecule has 2 atom stereocenters. The number of Topliss-reactive ketones (excluding diaryl/α,β-unsaturated/α-hetero) is 1. The zero-order valence-corrected chi connectivity index (χ0v) is 12.2. The minimum Gasteiger partial charge on any atom is -0.314 e. The Kier molecular flexibility index (Phi) is 3.78. The maximum Gasteiger partial charge on any atom is 0.322 e. The summed E-state index contributed by atoms with van der Waals surface area (Å²) in [6, 6.07) is 10.4. The molecule has 2 aliphatic rings. The third-order valence-corrected chi connectivity index (χ3v) is 4.46. The molecule has 0 aliphatic carbocycles. The summed E-state index contributed by atoms with van der Waals surface area (Å²) in [5, 5.41) is 2.72. The molecule has 1 fully saturated rings. The summed E-state index contributed by atoms with van der Waals surface area (Å²) in [6.07, 6.45) is 5.35. The normalized spacial score (nSPS) is 24.3. The topological polar surface area (TPSA) is 49.4 Å². The van der Waals surface area contributed by atoms with Crippen molar-refractivity contribution >= 4 is 11.8 Å². The van der Waals surface area contributed by atoms with E-state index in [9.17, 15) is 9.59 Å². The van der Waals surface area contributed by atoms with Gasteiger partial charge in [0.15, 0.2) is 5.78 Å². The number of fused-ring (bicyclic) bond motifs is 1. The number of amides is 2. The van der Waals surface area contributed by atoms with Crippen molar-refractivity contribution < 1.29 is 9.59 Å². The lowest BCUT2D eigenvalue weighted by Crippen LogP contribution is -2.50. The number of carbonyl (C=O) groups is 2. The zero-order chi connectivity index (χ0) is 14.8. The number of nitrogens with one attached hydrogen (secondary N) is 1. The lowest BCUT2D eigenvalue weighted by molar-refractivity contribution is -0.114. The first kappa shape index (κ1) is 13.9. The van der Waals surface area contributed by atoms with Crippen LogP contribution in [0.5, 0.6) is 0 Å². The van der Waals surface area contributed by atoms with Crippen molar-refractivity contribution in [2.24, 2.45) is 0 Å². The molecule has 1 N–H and O–H groups in total. The van der Waals surface area contributed by atoms with E-state index in [4.69, 9.17) is 0 Å². The van der Waals surface area contributed by atoms with Crippen LogP contribution in [-0.2, 0) is 11.2 Å². The summed E-state index contributed by atoms with van der Waals surface area (Å²) in [7, 11) is 0. The molecule has 0 bridgehead atoms. The highest BCUT2D eigenvalue weighted by molar-refractivity contribution is 5.97. The molecule has 4 nitrogen and oxygen atoms in total. The third-order valence-electron chi connectivity index (χ3n) is 4.46. The molecule has 0 aromatic heterocycles. The number of hydrogen-bond acceptors (Lipinski definition) is 2. The van der Waals surface area contributed by atoms with Gasteiger partial charge in [0.25, 0.3) is 0 Å². The molecule has 3 rings (SSSR count). The summed E-state index contributed by atoms with van der Waals surface area (Å²) in [6.45, 7) is 1.57. The Morgan fingerprint density at radius 2 is 2.05 bits per heavy atom. The van der Waals surface area contributed by atoms with Gasteiger partial charge in [-0.15, -0.1) is 0 Å². The highest BCUT2D eigenvalue weighted by Gasteiger charge is 2.41. The second kappa shape index (κ2) is 5.72. The molecular weight excluding hydrogens is 264 g/mol. The maximum absolute atomic E-state index is 12.1. The van der Waals surface area contributed by atoms with Gasteiger partial charge in [-0.05, 0) is 38.2 Å². The third kappa shape index (κ3) is 2.71. The lowest BCUT2D eigenvalue weighted by Gasteiger charge is -2.34. The monoisotopic (exact) mass is 284 g/mol. The fourth-order valence-corrected chi connectivity index (χ4v) is 3.40. The van der Waals surface area contributed by atoms with Crippen molar-refractivity contribution in [1.29, 1.82) is 0 Å². The fourth-order valence-electron chi connectivity index (χ4n) is 3.40. The fraction of sp³-hybridized carbons (Fsp3) is 0.412. The molecule has 2 amide bonds. The largest absolute Gasteiger partial charge is 0.322 e. The molecule has 0 saturated carbocycles. The molecule has 2 aliphatic heterocycles. The van der Waals surface area contributed by atoms with Crippen LogP contribution < -0.4 is 5.32 Å². The first-order valence-corrected chi connectivity index (χ1v) is 7.50. The zero-order valence-electron chi connectivity index (χ0n) is 12.2. The number of rotatable bonds is 4. The van der Waals surface area contributed by atoms with Gasteiger partial charge in [-0.3, -0.25) is 4.79 Å². The van der Waals surface area contributed by atoms with Gasteiger partial charge in [-0.25, -0.2) is 4.79 Å². The standard InChI is InChI=1S/C17H20N2O2/c1-12(20)15-11-18-17(21)19-14(9-10-16(15)19)8-7-13-5-3-2-4-6-13/h2-6,11,14,16H,7-10H2,1H3,(H,18,21)/t14-,16+/m0/s1. The predicted octanol–water partition coefficient (Wildman–Crippen LogP) is 2.65. The van der Waals surface area contributed by atoms with Gasteiger partial charge < -0.3 is 10.2 Å². The maximum atomic E-state index is 12.1. The number of ketones is 1. The van der Waals surface area contributed by atoms with E-state index in [2.05, 4.69) is 17.4 Å². The molecule has 0 spiro atoms. The summed E-state index contributed by atoms with van der Waals surface area (Å²) >= 11 is 0. The molecule has 1 aromatic rings. The van der Waals surface area contributed by atoms with Crippen molar-refractivity contribution in [2.45, 2.75) is 44.7 Å². The van der Waals surface area contributed by atoms with Crippen LogP contribution >= 0.6 is 0 Å². The van der Waals surface area contributed by atoms with E-state index in [0.29, 0.717) is 0 Å². The van der Waals surface area contributed by atoms with Crippen molar-refractivity contribution in [3.8, 4) is 0 Å². The van der Waals surface area contributed by atoms with Gasteiger partial charge >= 0.3 is 6.03 Å². The van der Waals surface area contributed by atoms with E-state index in [1.165, 1.54) is 5.56 Å². The number of urea groups is 1. The van der Waals surface area contributed by atoms with Gasteiger partial charge in [0.2, 0.25) is 0 Å². The second-order valence-electron chi connectivity index (χ2n) is 5.78. The van der Waals surface area contributed by atoms with E-state index in [1.54, 1.807) is 13.1 Å². The highest BCUT2D eigenvalue weighted by Crippen LogP contribution is 2.33. The number of carbonyl (C=O) groups excluding carboxylic acids is 2. The quantitative estimate of drug-likeness (QED) is 0.924. The predicted molar refractivity (Wildman–Crippen MR) is 80.7 cm³/mol. The SMILES string of the molecule is CC(=O)C1=CNC(=O)N2[C@@H](CCc3ccccc3)CC[C@H]12. The van der Waals surface area contributed by atoms with Gasteiger partial charge in [0, 0.05) is 17.8 Å². The van der Waals surface area contributed by atoms with E-state index < -0.39 is 0 Å². The summed E-state index contributed by atoms with van der Waals surface area (Å²) in [5.41, 5.74) is 2.03. The minimum absolute atomic E-state index is 0.0305. The average Bonchev–Trinajstić information content (AvgIpc) is 2.91. The van der Waals surface area contributed by atoms with Crippen LogP contribution in [-0.4, -0.2) is 28.8 Å². The van der Waals surface area contributed by atoms with Crippen LogP contribution in [0.2, 0.25) is 0 Å². The van der Waals surface area contributed by atoms with E-state index in [0.717, 1.165) is 31.3 Å². The lowest BCUT2D eigenvalue weighted by atomic mass is 10.0. The Balaban J connectivity index is 1.70. The molecule has 0 unspecified atom stereocenters. The van der Waals surface area contributed by atoms with Crippen LogP contribution in [0.4, 0.5) is 4.79 Å². The Labute approximate surface area is 124 Å². The summed E-state index contributed by atoms with van der Waals surface area (Å²) in [4.78, 5) is 25.7. The Hall–Kier alpha value is -2.10. The Bertz CT molecular complexity index is 580. The van der Waals surface area contributed by atoms with Crippen molar-refractivity contribution in [3.63, 3.8) is 0 Å². The van der Waals surface area contributed by atoms with E-state index in [-0.39, 0.29) is 23.9 Å². The van der Waals surface area contributed by atoms with Crippen LogP contribution in [0, 0.1) is 0 Å². The minimum atomic E-state index is -0.0689. The molecule has 4 heteroatoms. The average molecular weight is 284 g/mol. The highest BCUT2D eigenvalue weighted by atomic mass is 16.2. The molecule has 1 aromatic carbocycles. The van der Waals surface area contributed by atoms with Crippen LogP contribution in [0.3, 0.4) is 0 Å². The van der Waals surface area contributed by atoms with Crippen LogP contribution in [0.25, 0.3) is 0 Å². The molecular formula is C17H20N2O2. The molecule has 1 saturated heterocycles. The van der Waals surface area contributed by atoms with Gasteiger partial charge in [0.1, 0.15) is 0 Å². The van der Waals surface area contributed by atoms with E-state index in [1.807, 2.05) is 23.1 Å². The number of hydrogen-bond donors (Lipinski definition) is 1. The first-order valence-electron chi connectivity index (χ1n) is 7.50. The summed E-state index contributed by atoms with van der Waals surface area (Å²) in [5.74, 6) is 0.0497. The van der Waals surface area contributed by atoms with E-state index >= 15 is 0 Å². The summed E-state index contributed by atoms with van der Waals surface area (Å²) < 4.78 is 0. The van der Waals surface area contributed by atoms with Crippen molar-refractivity contribution in [1.82, 2.24) is 10.2 Å². The first-order chi connectivity index (χ1) is 10.2. The Morgan fingerprint density at radius 3 is 2.76 bits per heavy atom. The Morgan fingerprint density at radius 1 is 1.29 bits per heavy atom. The number of nitrogens with zero attached hydrogens (tertiary/aromatic N) is 1. The van der Waals surface area contributed by atoms with Crippen molar-refractivity contribution in [2.75, 3.05) is 0 Å². The molecule has 110 valence electrons. The molecule has 0 radical (unpaired) electrons. The van der Waals surface area contributed by atoms with Gasteiger partial charge in [-0.1, -0.05) is 30.3 Å². The number of aryl methyl sites for hydroxylation is 1.